The van der Waals surface area contributed by atoms with E-state index in [4.69, 9.17) is 5.11 Å². The fraction of sp³-hybridized carbons (Fsp3) is 0.500. The number of nitrogens with one attached hydrogen (secondary N) is 1. The first-order chi connectivity index (χ1) is 10.2. The molecule has 0 unspecified atom stereocenters. The van der Waals surface area contributed by atoms with Crippen LogP contribution in [-0.4, -0.2) is 41.0 Å². The van der Waals surface area contributed by atoms with Gasteiger partial charge in [-0.15, -0.1) is 0 Å². The molecule has 1 aromatic carbocycles. The minimum absolute atomic E-state index is 0.00269. The van der Waals surface area contributed by atoms with E-state index in [1.54, 1.807) is 12.1 Å². The van der Waals surface area contributed by atoms with Crippen molar-refractivity contribution in [3.05, 3.63) is 29.3 Å². The Kier molecular flexibility index (Phi) is 3.92. The van der Waals surface area contributed by atoms with Crippen LogP contribution in [0.1, 0.15) is 41.6 Å². The lowest BCUT2D eigenvalue weighted by Gasteiger charge is -2.37. The van der Waals surface area contributed by atoms with Crippen LogP contribution in [0, 0.1) is 0 Å². The lowest BCUT2D eigenvalue weighted by Crippen LogP contribution is -2.45. The highest BCUT2D eigenvalue weighted by Gasteiger charge is 2.29. The van der Waals surface area contributed by atoms with Crippen molar-refractivity contribution in [3.63, 3.8) is 0 Å². The lowest BCUT2D eigenvalue weighted by molar-refractivity contribution is -0.115. The van der Waals surface area contributed by atoms with Crippen molar-refractivity contribution >= 4 is 17.5 Å². The smallest absolute Gasteiger partial charge is 0.254 e. The van der Waals surface area contributed by atoms with E-state index >= 15 is 0 Å². The van der Waals surface area contributed by atoms with Gasteiger partial charge in [0.15, 0.2) is 0 Å². The Morgan fingerprint density at radius 1 is 1.38 bits per heavy atom. The van der Waals surface area contributed by atoms with Crippen molar-refractivity contribution in [1.29, 1.82) is 0 Å². The van der Waals surface area contributed by atoms with E-state index < -0.39 is 0 Å². The van der Waals surface area contributed by atoms with Crippen molar-refractivity contribution in [2.45, 2.75) is 38.1 Å². The van der Waals surface area contributed by atoms with Gasteiger partial charge < -0.3 is 15.3 Å². The quantitative estimate of drug-likeness (QED) is 0.864. The number of amides is 2. The van der Waals surface area contributed by atoms with Gasteiger partial charge in [0.25, 0.3) is 5.91 Å². The summed E-state index contributed by atoms with van der Waals surface area (Å²) in [4.78, 5) is 26.0. The predicted molar refractivity (Wildman–Crippen MR) is 79.2 cm³/mol. The average Bonchev–Trinajstić information content (AvgIpc) is 2.79. The van der Waals surface area contributed by atoms with Crippen molar-refractivity contribution < 1.29 is 14.7 Å². The third kappa shape index (κ3) is 2.78. The number of aliphatic hydroxyl groups is 1. The Morgan fingerprint density at radius 2 is 2.19 bits per heavy atom. The van der Waals surface area contributed by atoms with Gasteiger partial charge in [-0.3, -0.25) is 9.59 Å². The summed E-state index contributed by atoms with van der Waals surface area (Å²) in [5.74, 6) is -0.0252. The second-order valence-electron chi connectivity index (χ2n) is 5.76. The Balaban J connectivity index is 1.79. The Hall–Kier alpha value is -1.88. The highest BCUT2D eigenvalue weighted by Crippen LogP contribution is 2.29. The zero-order valence-electron chi connectivity index (χ0n) is 12.0. The number of hydrogen-bond acceptors (Lipinski definition) is 3. The summed E-state index contributed by atoms with van der Waals surface area (Å²) in [6.45, 7) is 0.681. The van der Waals surface area contributed by atoms with Crippen LogP contribution in [0.3, 0.4) is 0 Å². The highest BCUT2D eigenvalue weighted by atomic mass is 16.3. The van der Waals surface area contributed by atoms with Crippen LogP contribution in [0.4, 0.5) is 5.69 Å². The van der Waals surface area contributed by atoms with Crippen LogP contribution in [-0.2, 0) is 11.2 Å². The van der Waals surface area contributed by atoms with Crippen LogP contribution in [0.25, 0.3) is 0 Å². The predicted octanol–water partition coefficient (Wildman–Crippen LogP) is 1.56. The monoisotopic (exact) mass is 288 g/mol. The van der Waals surface area contributed by atoms with Gasteiger partial charge in [-0.1, -0.05) is 6.07 Å². The summed E-state index contributed by atoms with van der Waals surface area (Å²) >= 11 is 0. The third-order valence-electron chi connectivity index (χ3n) is 4.32. The van der Waals surface area contributed by atoms with Gasteiger partial charge in [-0.25, -0.2) is 0 Å². The Bertz CT molecular complexity index is 567. The molecule has 0 atom stereocenters. The molecule has 112 valence electrons. The molecule has 2 amide bonds. The number of carbonyl (C=O) groups is 2. The molecule has 0 aromatic heterocycles. The highest BCUT2D eigenvalue weighted by molar-refractivity contribution is 6.02. The molecule has 1 heterocycles. The van der Waals surface area contributed by atoms with Gasteiger partial charge in [0.2, 0.25) is 5.91 Å². The van der Waals surface area contributed by atoms with E-state index in [1.807, 2.05) is 11.0 Å². The van der Waals surface area contributed by atoms with Crippen molar-refractivity contribution in [2.24, 2.45) is 0 Å². The average molecular weight is 288 g/mol. The summed E-state index contributed by atoms with van der Waals surface area (Å²) < 4.78 is 0. The normalized spacial score (nSPS) is 17.1. The molecular weight excluding hydrogens is 268 g/mol. The van der Waals surface area contributed by atoms with Crippen molar-refractivity contribution in [3.8, 4) is 0 Å². The number of aliphatic hydroxyl groups excluding tert-OH is 1. The van der Waals surface area contributed by atoms with Gasteiger partial charge in [0.05, 0.1) is 6.42 Å². The van der Waals surface area contributed by atoms with E-state index in [2.05, 4.69) is 5.32 Å². The van der Waals surface area contributed by atoms with Gasteiger partial charge >= 0.3 is 0 Å². The molecule has 1 aliphatic carbocycles. The number of benzene rings is 1. The van der Waals surface area contributed by atoms with Crippen LogP contribution in [0.15, 0.2) is 18.2 Å². The molecule has 2 N–H and O–H groups in total. The molecule has 1 fully saturated rings. The number of fused-ring (bicyclic) bond motifs is 1. The summed E-state index contributed by atoms with van der Waals surface area (Å²) in [7, 11) is 0. The van der Waals surface area contributed by atoms with E-state index in [-0.39, 0.29) is 18.4 Å². The van der Waals surface area contributed by atoms with E-state index in [0.717, 1.165) is 30.5 Å². The fourth-order valence-corrected chi connectivity index (χ4v) is 2.90. The molecule has 0 bridgehead atoms. The first-order valence-corrected chi connectivity index (χ1v) is 7.53. The molecule has 0 saturated heterocycles. The molecule has 0 spiro atoms. The first kappa shape index (κ1) is 14.1. The summed E-state index contributed by atoms with van der Waals surface area (Å²) in [5.41, 5.74) is 2.31. The number of anilines is 1. The lowest BCUT2D eigenvalue weighted by atomic mass is 9.90. The molecule has 1 aliphatic heterocycles. The molecule has 5 nitrogen and oxygen atoms in total. The maximum absolute atomic E-state index is 12.7. The molecule has 21 heavy (non-hydrogen) atoms. The number of hydrogen-bond donors (Lipinski definition) is 2. The Labute approximate surface area is 123 Å². The summed E-state index contributed by atoms with van der Waals surface area (Å²) in [5, 5.41) is 11.8. The molecule has 2 aliphatic rings. The zero-order chi connectivity index (χ0) is 14.8. The SMILES string of the molecule is O=C1Cc2ccc(C(=O)N(CCCO)C3CCC3)cc2N1. The molecule has 0 radical (unpaired) electrons. The van der Waals surface area contributed by atoms with Crippen molar-refractivity contribution in [1.82, 2.24) is 4.90 Å². The van der Waals surface area contributed by atoms with E-state index in [0.29, 0.717) is 31.0 Å². The van der Waals surface area contributed by atoms with Crippen LogP contribution in [0.5, 0.6) is 0 Å². The van der Waals surface area contributed by atoms with Crippen LogP contribution >= 0.6 is 0 Å². The van der Waals surface area contributed by atoms with Crippen LogP contribution in [0.2, 0.25) is 0 Å². The van der Waals surface area contributed by atoms with Gasteiger partial charge in [-0.2, -0.15) is 0 Å². The second-order valence-corrected chi connectivity index (χ2v) is 5.76. The molecule has 1 saturated carbocycles. The van der Waals surface area contributed by atoms with Gasteiger partial charge in [0, 0.05) is 30.4 Å². The van der Waals surface area contributed by atoms with Gasteiger partial charge in [-0.05, 0) is 43.4 Å². The molecular formula is C16H20N2O3. The van der Waals surface area contributed by atoms with Crippen LogP contribution < -0.4 is 5.32 Å². The van der Waals surface area contributed by atoms with Crippen molar-refractivity contribution in [2.75, 3.05) is 18.5 Å². The molecule has 5 heteroatoms. The number of carbonyl (C=O) groups excluding carboxylic acids is 2. The maximum atomic E-state index is 12.7. The summed E-state index contributed by atoms with van der Waals surface area (Å²) in [6, 6.07) is 5.72. The second kappa shape index (κ2) is 5.85. The first-order valence-electron chi connectivity index (χ1n) is 7.53. The van der Waals surface area contributed by atoms with E-state index in [1.165, 1.54) is 0 Å². The fourth-order valence-electron chi connectivity index (χ4n) is 2.90. The summed E-state index contributed by atoms with van der Waals surface area (Å²) in [6.07, 6.45) is 4.23. The molecule has 1 aromatic rings. The maximum Gasteiger partial charge on any atom is 0.254 e. The standard InChI is InChI=1S/C16H20N2O3/c19-8-2-7-18(13-3-1-4-13)16(21)12-6-5-11-10-15(20)17-14(11)9-12/h5-6,9,13,19H,1-4,7-8,10H2,(H,17,20). The largest absolute Gasteiger partial charge is 0.396 e. The zero-order valence-corrected chi connectivity index (χ0v) is 12.0. The number of rotatable bonds is 5. The Morgan fingerprint density at radius 3 is 2.86 bits per heavy atom. The third-order valence-corrected chi connectivity index (χ3v) is 4.32. The molecule has 3 rings (SSSR count). The topological polar surface area (TPSA) is 69.6 Å². The number of nitrogens with zero attached hydrogens (tertiary/aromatic N) is 1. The van der Waals surface area contributed by atoms with Gasteiger partial charge in [0.1, 0.15) is 0 Å². The van der Waals surface area contributed by atoms with E-state index in [9.17, 15) is 9.59 Å². The minimum atomic E-state index is -0.0225. The minimum Gasteiger partial charge on any atom is -0.396 e.